The van der Waals surface area contributed by atoms with E-state index in [0.29, 0.717) is 23.6 Å². The van der Waals surface area contributed by atoms with Crippen LogP contribution in [0.3, 0.4) is 0 Å². The number of carbonyl (C=O) groups excluding carboxylic acids is 1. The highest BCUT2D eigenvalue weighted by molar-refractivity contribution is 9.10. The van der Waals surface area contributed by atoms with Crippen LogP contribution >= 0.6 is 27.7 Å². The molecular formula is C15H17BrN4O2S. The van der Waals surface area contributed by atoms with E-state index in [1.807, 2.05) is 35.9 Å². The average molecular weight is 397 g/mol. The standard InChI is InChI=1S/C15H17BrN4O2S/c1-20-13(8-22-12-6-2-10(16)3-7-12)18-19-15(20)23-9-14(21)17-11-4-5-11/h2-3,6-7,11H,4-5,8-9H2,1H3,(H,17,21). The molecule has 1 aliphatic rings. The lowest BCUT2D eigenvalue weighted by molar-refractivity contribution is -0.118. The Morgan fingerprint density at radius 2 is 2.13 bits per heavy atom. The van der Waals surface area contributed by atoms with Gasteiger partial charge in [-0.2, -0.15) is 0 Å². The molecule has 2 aromatic rings. The normalized spacial score (nSPS) is 13.8. The summed E-state index contributed by atoms with van der Waals surface area (Å²) in [6, 6.07) is 8.01. The molecular weight excluding hydrogens is 380 g/mol. The van der Waals surface area contributed by atoms with E-state index in [4.69, 9.17) is 4.74 Å². The van der Waals surface area contributed by atoms with Gasteiger partial charge in [-0.25, -0.2) is 0 Å². The van der Waals surface area contributed by atoms with Crippen LogP contribution in [-0.2, 0) is 18.4 Å². The number of aromatic nitrogens is 3. The number of halogens is 1. The molecule has 0 unspecified atom stereocenters. The summed E-state index contributed by atoms with van der Waals surface area (Å²) < 4.78 is 8.56. The summed E-state index contributed by atoms with van der Waals surface area (Å²) in [6.45, 7) is 0.333. The maximum absolute atomic E-state index is 11.7. The minimum Gasteiger partial charge on any atom is -0.486 e. The lowest BCUT2D eigenvalue weighted by Crippen LogP contribution is -2.27. The molecule has 0 aliphatic heterocycles. The second-order valence-corrected chi connectivity index (χ2v) is 7.19. The highest BCUT2D eigenvalue weighted by Crippen LogP contribution is 2.21. The van der Waals surface area contributed by atoms with E-state index in [9.17, 15) is 4.79 Å². The van der Waals surface area contributed by atoms with Gasteiger partial charge in [0.05, 0.1) is 5.75 Å². The van der Waals surface area contributed by atoms with Gasteiger partial charge < -0.3 is 14.6 Å². The monoisotopic (exact) mass is 396 g/mol. The Morgan fingerprint density at radius 1 is 1.39 bits per heavy atom. The first kappa shape index (κ1) is 16.3. The first-order chi connectivity index (χ1) is 11.1. The third-order valence-corrected chi connectivity index (χ3v) is 4.93. The van der Waals surface area contributed by atoms with E-state index in [1.165, 1.54) is 11.8 Å². The van der Waals surface area contributed by atoms with Gasteiger partial charge in [0, 0.05) is 17.6 Å². The van der Waals surface area contributed by atoms with Gasteiger partial charge in [-0.05, 0) is 37.1 Å². The highest BCUT2D eigenvalue weighted by atomic mass is 79.9. The van der Waals surface area contributed by atoms with Gasteiger partial charge in [0.1, 0.15) is 12.4 Å². The molecule has 8 heteroatoms. The molecule has 0 bridgehead atoms. The largest absolute Gasteiger partial charge is 0.486 e. The minimum absolute atomic E-state index is 0.0492. The molecule has 23 heavy (non-hydrogen) atoms. The topological polar surface area (TPSA) is 69.0 Å². The number of thioether (sulfide) groups is 1. The first-order valence-corrected chi connectivity index (χ1v) is 9.08. The fourth-order valence-corrected chi connectivity index (χ4v) is 2.91. The summed E-state index contributed by atoms with van der Waals surface area (Å²) in [5.41, 5.74) is 0. The van der Waals surface area contributed by atoms with Crippen LogP contribution in [0, 0.1) is 0 Å². The third kappa shape index (κ3) is 4.71. The predicted octanol–water partition coefficient (Wildman–Crippen LogP) is 2.53. The Hall–Kier alpha value is -1.54. The first-order valence-electron chi connectivity index (χ1n) is 7.30. The SMILES string of the molecule is Cn1c(COc2ccc(Br)cc2)nnc1SCC(=O)NC1CC1. The number of carbonyl (C=O) groups is 1. The Kier molecular flexibility index (Phi) is 5.22. The molecule has 3 rings (SSSR count). The summed E-state index contributed by atoms with van der Waals surface area (Å²) in [7, 11) is 1.88. The van der Waals surface area contributed by atoms with Crippen LogP contribution in [0.2, 0.25) is 0 Å². The molecule has 0 radical (unpaired) electrons. The molecule has 1 fully saturated rings. The van der Waals surface area contributed by atoms with Gasteiger partial charge in [-0.15, -0.1) is 10.2 Å². The zero-order valence-corrected chi connectivity index (χ0v) is 15.1. The van der Waals surface area contributed by atoms with Crippen LogP contribution < -0.4 is 10.1 Å². The van der Waals surface area contributed by atoms with Crippen molar-refractivity contribution in [3.63, 3.8) is 0 Å². The van der Waals surface area contributed by atoms with Crippen LogP contribution in [0.4, 0.5) is 0 Å². The van der Waals surface area contributed by atoms with Gasteiger partial charge in [0.25, 0.3) is 0 Å². The van der Waals surface area contributed by atoms with E-state index >= 15 is 0 Å². The van der Waals surface area contributed by atoms with Gasteiger partial charge >= 0.3 is 0 Å². The quantitative estimate of drug-likeness (QED) is 0.728. The van der Waals surface area contributed by atoms with Gasteiger partial charge in [0.2, 0.25) is 5.91 Å². The van der Waals surface area contributed by atoms with Crippen LogP contribution in [0.15, 0.2) is 33.9 Å². The smallest absolute Gasteiger partial charge is 0.230 e. The van der Waals surface area contributed by atoms with E-state index in [1.54, 1.807) is 0 Å². The fraction of sp³-hybridized carbons (Fsp3) is 0.400. The Balaban J connectivity index is 1.51. The van der Waals surface area contributed by atoms with Crippen molar-refractivity contribution in [3.8, 4) is 5.75 Å². The average Bonchev–Trinajstić information content (AvgIpc) is 3.28. The van der Waals surface area contributed by atoms with Crippen molar-refractivity contribution in [2.45, 2.75) is 30.6 Å². The second-order valence-electron chi connectivity index (χ2n) is 5.33. The molecule has 122 valence electrons. The van der Waals surface area contributed by atoms with Crippen molar-refractivity contribution < 1.29 is 9.53 Å². The molecule has 1 heterocycles. The van der Waals surface area contributed by atoms with Crippen LogP contribution in [-0.4, -0.2) is 32.5 Å². The van der Waals surface area contributed by atoms with Crippen molar-refractivity contribution >= 4 is 33.6 Å². The van der Waals surface area contributed by atoms with Crippen molar-refractivity contribution in [3.05, 3.63) is 34.6 Å². The van der Waals surface area contributed by atoms with E-state index in [0.717, 1.165) is 28.9 Å². The summed E-state index contributed by atoms with van der Waals surface area (Å²) in [4.78, 5) is 11.7. The highest BCUT2D eigenvalue weighted by Gasteiger charge is 2.23. The van der Waals surface area contributed by atoms with Crippen molar-refractivity contribution in [2.75, 3.05) is 5.75 Å². The minimum atomic E-state index is 0.0492. The van der Waals surface area contributed by atoms with E-state index in [2.05, 4.69) is 31.4 Å². The molecule has 1 saturated carbocycles. The molecule has 1 aromatic carbocycles. The molecule has 0 atom stereocenters. The number of hydrogen-bond donors (Lipinski definition) is 1. The number of hydrogen-bond acceptors (Lipinski definition) is 5. The van der Waals surface area contributed by atoms with Crippen molar-refractivity contribution in [1.82, 2.24) is 20.1 Å². The Morgan fingerprint density at radius 3 is 2.83 bits per heavy atom. The van der Waals surface area contributed by atoms with Gasteiger partial charge in [0.15, 0.2) is 11.0 Å². The second kappa shape index (κ2) is 7.35. The summed E-state index contributed by atoms with van der Waals surface area (Å²) in [6.07, 6.45) is 2.19. The van der Waals surface area contributed by atoms with E-state index < -0.39 is 0 Å². The number of amides is 1. The van der Waals surface area contributed by atoms with Crippen LogP contribution in [0.5, 0.6) is 5.75 Å². The predicted molar refractivity (Wildman–Crippen MR) is 91.4 cm³/mol. The fourth-order valence-electron chi connectivity index (χ4n) is 1.90. The summed E-state index contributed by atoms with van der Waals surface area (Å²) in [5.74, 6) is 1.90. The Labute approximate surface area is 147 Å². The van der Waals surface area contributed by atoms with Crippen molar-refractivity contribution in [2.24, 2.45) is 7.05 Å². The van der Waals surface area contributed by atoms with Crippen LogP contribution in [0.1, 0.15) is 18.7 Å². The van der Waals surface area contributed by atoms with E-state index in [-0.39, 0.29) is 5.91 Å². The third-order valence-electron chi connectivity index (χ3n) is 3.38. The lowest BCUT2D eigenvalue weighted by Gasteiger charge is -2.07. The molecule has 1 aliphatic carbocycles. The van der Waals surface area contributed by atoms with Crippen molar-refractivity contribution in [1.29, 1.82) is 0 Å². The zero-order valence-electron chi connectivity index (χ0n) is 12.7. The Bertz CT molecular complexity index is 685. The van der Waals surface area contributed by atoms with Gasteiger partial charge in [-0.1, -0.05) is 27.7 Å². The maximum atomic E-state index is 11.7. The number of benzene rings is 1. The zero-order chi connectivity index (χ0) is 16.2. The summed E-state index contributed by atoms with van der Waals surface area (Å²) >= 11 is 4.77. The molecule has 1 amide bonds. The van der Waals surface area contributed by atoms with Gasteiger partial charge in [-0.3, -0.25) is 4.79 Å². The number of ether oxygens (including phenoxy) is 1. The number of rotatable bonds is 7. The number of nitrogens with one attached hydrogen (secondary N) is 1. The molecule has 0 saturated heterocycles. The summed E-state index contributed by atoms with van der Waals surface area (Å²) in [5, 5.41) is 11.9. The maximum Gasteiger partial charge on any atom is 0.230 e. The van der Waals surface area contributed by atoms with Crippen LogP contribution in [0.25, 0.3) is 0 Å². The molecule has 1 N–H and O–H groups in total. The lowest BCUT2D eigenvalue weighted by atomic mass is 10.3. The molecule has 6 nitrogen and oxygen atoms in total. The number of nitrogens with zero attached hydrogens (tertiary/aromatic N) is 3. The molecule has 0 spiro atoms. The molecule has 1 aromatic heterocycles.